The molecule has 1 aromatic heterocycles. The molecular formula is C113H147F7N12O18. The highest BCUT2D eigenvalue weighted by Crippen LogP contribution is 2.40. The molecule has 7 aromatic carbocycles. The van der Waals surface area contributed by atoms with Crippen LogP contribution in [0.2, 0.25) is 0 Å². The van der Waals surface area contributed by atoms with Gasteiger partial charge in [0.05, 0.1) is 111 Å². The maximum absolute atomic E-state index is 14.8. The second kappa shape index (κ2) is 49.7. The van der Waals surface area contributed by atoms with Crippen molar-refractivity contribution in [1.82, 2.24) is 14.5 Å². The number of carbonyl (C=O) groups excluding carboxylic acids is 9. The summed E-state index contributed by atoms with van der Waals surface area (Å²) in [6.07, 6.45) is 6.37. The van der Waals surface area contributed by atoms with Crippen LogP contribution in [-0.4, -0.2) is 222 Å². The van der Waals surface area contributed by atoms with E-state index < -0.39 is 60.3 Å². The first-order valence-electron chi connectivity index (χ1n) is 50.8. The van der Waals surface area contributed by atoms with E-state index in [1.54, 1.807) is 117 Å². The van der Waals surface area contributed by atoms with Crippen LogP contribution in [0.3, 0.4) is 0 Å². The van der Waals surface area contributed by atoms with Crippen LogP contribution in [0.5, 0.6) is 0 Å². The lowest BCUT2D eigenvalue weighted by Gasteiger charge is -2.36. The molecule has 150 heavy (non-hydrogen) atoms. The average Bonchev–Trinajstić information content (AvgIpc) is 1.40. The van der Waals surface area contributed by atoms with E-state index in [-0.39, 0.29) is 122 Å². The lowest BCUT2D eigenvalue weighted by molar-refractivity contribution is -0.134. The maximum atomic E-state index is 14.8. The fourth-order valence-electron chi connectivity index (χ4n) is 18.7. The average molecular weight is 2090 g/mol. The third kappa shape index (κ3) is 34.9. The number of hydrogen-bond acceptors (Lipinski definition) is 21. The van der Waals surface area contributed by atoms with Gasteiger partial charge in [-0.1, -0.05) is 151 Å². The summed E-state index contributed by atoms with van der Waals surface area (Å²) in [5.74, 6) is -3.98. The number of halogens is 7. The van der Waals surface area contributed by atoms with E-state index in [0.717, 1.165) is 62.8 Å². The number of amides is 8. The third-order valence-electron chi connectivity index (χ3n) is 25.0. The molecule has 0 bridgehead atoms. The van der Waals surface area contributed by atoms with Crippen LogP contribution in [0, 0.1) is 78.6 Å². The summed E-state index contributed by atoms with van der Waals surface area (Å²) < 4.78 is 140. The molecule has 9 saturated heterocycles. The number of Topliss-reactive ketones (excluding diaryl/α,β-unsaturated/α-hetero) is 1. The van der Waals surface area contributed by atoms with Crippen LogP contribution in [0.15, 0.2) is 164 Å². The number of carbonyl (C=O) groups is 9. The number of rotatable bonds is 19. The highest BCUT2D eigenvalue weighted by Gasteiger charge is 2.43. The molecule has 37 heteroatoms. The minimum atomic E-state index is -0.968. The normalized spacial score (nSPS) is 20.0. The molecular weight excluding hydrogens is 1950 g/mol. The highest BCUT2D eigenvalue weighted by molar-refractivity contribution is 5.97. The number of aliphatic hydroxyl groups excluding tert-OH is 1. The largest absolute Gasteiger partial charge is 0.444 e. The van der Waals surface area contributed by atoms with E-state index in [0.29, 0.717) is 155 Å². The Kier molecular flexibility index (Phi) is 38.8. The number of morpholine rings is 1. The van der Waals surface area contributed by atoms with E-state index in [1.165, 1.54) is 86.3 Å². The Morgan fingerprint density at radius 2 is 0.600 bits per heavy atom. The Morgan fingerprint density at radius 3 is 0.880 bits per heavy atom. The van der Waals surface area contributed by atoms with Crippen molar-refractivity contribution in [1.29, 1.82) is 0 Å². The zero-order chi connectivity index (χ0) is 110. The predicted octanol–water partition coefficient (Wildman–Crippen LogP) is 24.0. The van der Waals surface area contributed by atoms with Crippen molar-refractivity contribution < 1.29 is 117 Å². The molecule has 0 radical (unpaired) electrons. The van der Waals surface area contributed by atoms with Gasteiger partial charge in [0.1, 0.15) is 78.4 Å². The van der Waals surface area contributed by atoms with Crippen molar-refractivity contribution in [3.8, 4) is 5.69 Å². The summed E-state index contributed by atoms with van der Waals surface area (Å²) >= 11 is 0. The molecule has 0 saturated carbocycles. The van der Waals surface area contributed by atoms with Crippen molar-refractivity contribution in [3.63, 3.8) is 0 Å². The Labute approximate surface area is 875 Å². The molecule has 0 unspecified atom stereocenters. The van der Waals surface area contributed by atoms with Gasteiger partial charge in [-0.05, 0) is 223 Å². The molecule has 10 heterocycles. The van der Waals surface area contributed by atoms with Gasteiger partial charge in [0.15, 0.2) is 17.4 Å². The van der Waals surface area contributed by atoms with Gasteiger partial charge in [0.25, 0.3) is 0 Å². The zero-order valence-electron chi connectivity index (χ0n) is 90.3. The number of piperazine rings is 1. The number of ketones is 1. The van der Waals surface area contributed by atoms with Crippen LogP contribution >= 0.6 is 0 Å². The van der Waals surface area contributed by atoms with E-state index in [4.69, 9.17) is 43.0 Å². The van der Waals surface area contributed by atoms with Crippen LogP contribution < -0.4 is 44.1 Å². The molecule has 17 rings (SSSR count). The van der Waals surface area contributed by atoms with Crippen molar-refractivity contribution in [2.45, 2.75) is 240 Å². The fraction of sp³-hybridized carbons (Fsp3) is 0.522. The van der Waals surface area contributed by atoms with Gasteiger partial charge in [0, 0.05) is 74.7 Å². The Balaban J connectivity index is 0.000000167. The molecule has 816 valence electrons. The second-order valence-electron chi connectivity index (χ2n) is 47.3. The number of imidazole rings is 1. The van der Waals surface area contributed by atoms with Gasteiger partial charge in [-0.2, -0.15) is 0 Å². The monoisotopic (exact) mass is 2090 g/mol. The van der Waals surface area contributed by atoms with Gasteiger partial charge >= 0.3 is 42.7 Å². The molecule has 9 aliphatic heterocycles. The number of ether oxygens (including phenoxy) is 8. The summed E-state index contributed by atoms with van der Waals surface area (Å²) in [5, 5.41) is 8.94. The topological polar surface area (TPSA) is 298 Å². The van der Waals surface area contributed by atoms with Crippen molar-refractivity contribution in [2.75, 3.05) is 149 Å². The van der Waals surface area contributed by atoms with Gasteiger partial charge in [-0.25, -0.2) is 69.3 Å². The smallest absolute Gasteiger partial charge is 0.414 e. The number of cyclic esters (lactones) is 7. The molecule has 0 spiro atoms. The minimum Gasteiger partial charge on any atom is -0.444 e. The molecule has 30 nitrogen and oxygen atoms in total. The Morgan fingerprint density at radius 1 is 0.320 bits per heavy atom. The number of benzene rings is 7. The van der Waals surface area contributed by atoms with Crippen molar-refractivity contribution in [2.24, 2.45) is 37.9 Å². The molecule has 0 aliphatic carbocycles. The summed E-state index contributed by atoms with van der Waals surface area (Å²) in [4.78, 5) is 126. The molecule has 8 amide bonds. The van der Waals surface area contributed by atoms with Crippen LogP contribution in [0.25, 0.3) is 5.69 Å². The van der Waals surface area contributed by atoms with E-state index in [1.807, 2.05) is 9.80 Å². The van der Waals surface area contributed by atoms with E-state index >= 15 is 0 Å². The van der Waals surface area contributed by atoms with Crippen molar-refractivity contribution >= 4 is 106 Å². The Hall–Kier alpha value is -13.2. The van der Waals surface area contributed by atoms with Gasteiger partial charge in [-0.3, -0.25) is 43.9 Å². The molecule has 7 atom stereocenters. The number of nitrogens with zero attached hydrogens (tertiary/aromatic N) is 12. The summed E-state index contributed by atoms with van der Waals surface area (Å²) in [6, 6.07) is 36.8. The maximum Gasteiger partial charge on any atom is 0.414 e. The first-order valence-corrected chi connectivity index (χ1v) is 50.8. The zero-order valence-corrected chi connectivity index (χ0v) is 90.3. The van der Waals surface area contributed by atoms with Crippen LogP contribution in [-0.2, 0) is 42.7 Å². The summed E-state index contributed by atoms with van der Waals surface area (Å²) in [6.45, 7) is 52.8. The van der Waals surface area contributed by atoms with Crippen LogP contribution in [0.1, 0.15) is 208 Å². The Bertz CT molecular complexity index is 5960. The van der Waals surface area contributed by atoms with E-state index in [9.17, 15) is 73.9 Å². The summed E-state index contributed by atoms with van der Waals surface area (Å²) in [5.41, 5.74) is 6.46. The second-order valence-corrected chi connectivity index (χ2v) is 47.3. The number of hydrogen-bond donors (Lipinski definition) is 1. The SMILES string of the molecule is CC(=O)c1ccc(N2C[C@H](CC(C)(C)C)OC2=O)cc1.CC(C)(C)C[C@H]1CN(c2ccc(-n3ccnc3)c(F)c2)C(=O)O1.CC(C)(C)C[C@H]1CN(c2ccc(F)c(F)c2)C(=O)O1.CC(C)(C)C[C@H]1CN(c2ccc(F)cc2)C(=O)O1.CC(C)(C)C[C@H]1CN(c2ccc(N3CCN(C(=O)CO)CC3)c(F)c2)C(=O)O1.CC(C)(C)C[C@H]1CN(c2ccc(N3CCOCC3)c(F)c2)C(=O)O1.CC(C)(C)C[C@H]1CN(c2cccc(F)c2)C(=O)O1. The molecule has 9 aliphatic rings. The van der Waals surface area contributed by atoms with Gasteiger partial charge < -0.3 is 62.3 Å². The number of aliphatic hydroxyl groups is 1. The quantitative estimate of drug-likeness (QED) is 0.0447. The first kappa shape index (κ1) is 117. The highest BCUT2D eigenvalue weighted by atomic mass is 19.2. The standard InChI is InChI=1S/C20H28FN3O4.C18H25FN2O3.C17H20FN3O2.C16H21NO3.C14H17F2NO2.2C14H18FNO2/c1-20(2,3)11-15-12-24(19(27)28-15)14-4-5-17(16(21)10-14)22-6-8-23(9-7-22)18(26)13-25;1-18(2,3)11-14-12-21(17(22)24-14)13-4-5-16(15(19)10-13)20-6-8-23-9-7-20;1-17(2,3)9-13-10-21(16(22)23-13)12-4-5-15(14(18)8-12)20-7-6-19-11-20;1-11(18)12-5-7-13(8-6-12)17-10-14(20-15(17)19)9-16(2,3)4;1-14(2,3)7-10-8-17(13(18)19-10)9-4-5-11(15)12(16)6-9;1-14(2,3)8-12-9-16(13(17)18-12)11-6-4-10(15)5-7-11;1-14(2,3)8-12-9-16(13(17)18-12)11-6-4-5-10(15)7-11/h4-5,10,15,25H,6-9,11-13H2,1-3H3;4-5,10,14H,6-9,11-12H2,1-3H3;4-8,11,13H,9-10H2,1-3H3;5-8,14H,9-10H2,1-4H3;4-6,10H,7-8H2,1-3H3;2*4-7,12H,8-9H2,1-3H3/t15-;14-;13-;14-;10-;2*12-/m0000000/s1. The minimum absolute atomic E-state index is 0.0196. The lowest BCUT2D eigenvalue weighted by atomic mass is 9.89. The number of anilines is 9. The van der Waals surface area contributed by atoms with Crippen LogP contribution in [0.4, 0.5) is 115 Å². The predicted molar refractivity (Wildman–Crippen MR) is 563 cm³/mol. The molecule has 8 aromatic rings. The van der Waals surface area contributed by atoms with Gasteiger partial charge in [-0.15, -0.1) is 0 Å². The molecule has 1 N–H and O–H groups in total. The summed E-state index contributed by atoms with van der Waals surface area (Å²) in [7, 11) is 0. The third-order valence-corrected chi connectivity index (χ3v) is 25.0. The first-order chi connectivity index (χ1) is 70.1. The fourth-order valence-corrected chi connectivity index (χ4v) is 18.7. The lowest BCUT2D eigenvalue weighted by Crippen LogP contribution is -2.49. The number of aromatic nitrogens is 2. The molecule has 9 fully saturated rings. The van der Waals surface area contributed by atoms with Crippen molar-refractivity contribution in [3.05, 3.63) is 211 Å². The van der Waals surface area contributed by atoms with Gasteiger partial charge in [0.2, 0.25) is 5.91 Å². The van der Waals surface area contributed by atoms with E-state index in [2.05, 4.69) is 150 Å².